The lowest BCUT2D eigenvalue weighted by Gasteiger charge is -2.43. The Morgan fingerprint density at radius 3 is 2.81 bits per heavy atom. The summed E-state index contributed by atoms with van der Waals surface area (Å²) in [5.41, 5.74) is 6.92. The highest BCUT2D eigenvalue weighted by Gasteiger charge is 2.54. The first-order valence-corrected chi connectivity index (χ1v) is 12.2. The summed E-state index contributed by atoms with van der Waals surface area (Å²) in [4.78, 5) is 25.2. The smallest absolute Gasteiger partial charge is 0.339 e. The third kappa shape index (κ3) is 4.96. The van der Waals surface area contributed by atoms with E-state index in [0.717, 1.165) is 16.5 Å². The summed E-state index contributed by atoms with van der Waals surface area (Å²) in [5, 5.41) is 13.0. The Labute approximate surface area is 210 Å². The van der Waals surface area contributed by atoms with Crippen LogP contribution in [-0.2, 0) is 22.4 Å². The Kier molecular flexibility index (Phi) is 7.11. The predicted octanol–water partition coefficient (Wildman–Crippen LogP) is 3.40. The molecule has 3 heterocycles. The number of hydrogen-bond donors (Lipinski definition) is 3. The van der Waals surface area contributed by atoms with Crippen molar-refractivity contribution >= 4 is 16.9 Å². The molecule has 0 saturated heterocycles. The van der Waals surface area contributed by atoms with Crippen molar-refractivity contribution in [1.82, 2.24) is 5.32 Å². The normalized spacial score (nSPS) is 21.6. The second-order valence-corrected chi connectivity index (χ2v) is 9.98. The molecule has 8 nitrogen and oxygen atoms in total. The van der Waals surface area contributed by atoms with Gasteiger partial charge in [0.2, 0.25) is 0 Å². The van der Waals surface area contributed by atoms with Crippen LogP contribution in [0.2, 0.25) is 0 Å². The van der Waals surface area contributed by atoms with Gasteiger partial charge in [0.25, 0.3) is 0 Å². The van der Waals surface area contributed by atoms with E-state index >= 15 is 0 Å². The fraction of sp³-hybridized carbons (Fsp3) is 0.429. The summed E-state index contributed by atoms with van der Waals surface area (Å²) in [5.74, 6) is 0.185. The van der Waals surface area contributed by atoms with Crippen LogP contribution in [0.3, 0.4) is 0 Å². The molecule has 1 aromatic heterocycles. The summed E-state index contributed by atoms with van der Waals surface area (Å²) in [6, 6.07) is 5.51. The van der Waals surface area contributed by atoms with Gasteiger partial charge in [-0.1, -0.05) is 12.2 Å². The minimum atomic E-state index is -1.01. The number of allylic oxidation sites excluding steroid dienone is 2. The number of ether oxygens (including phenoxy) is 2. The molecule has 4 N–H and O–H groups in total. The summed E-state index contributed by atoms with van der Waals surface area (Å²) in [7, 11) is 0. The fourth-order valence-electron chi connectivity index (χ4n) is 4.61. The van der Waals surface area contributed by atoms with Crippen molar-refractivity contribution < 1.29 is 23.8 Å². The van der Waals surface area contributed by atoms with Gasteiger partial charge in [-0.2, -0.15) is 0 Å². The molecule has 0 bridgehead atoms. The van der Waals surface area contributed by atoms with Crippen molar-refractivity contribution in [2.24, 2.45) is 5.73 Å². The number of aliphatic hydroxyl groups excluding tert-OH is 1. The zero-order valence-corrected chi connectivity index (χ0v) is 21.2. The molecule has 36 heavy (non-hydrogen) atoms. The van der Waals surface area contributed by atoms with Crippen LogP contribution in [0.1, 0.15) is 51.7 Å². The molecule has 1 aromatic carbocycles. The number of nitrogens with two attached hydrogens (primary N) is 1. The first-order valence-electron chi connectivity index (χ1n) is 12.2. The number of carbonyl (C=O) groups is 1. The summed E-state index contributed by atoms with van der Waals surface area (Å²) >= 11 is 0. The lowest BCUT2D eigenvalue weighted by atomic mass is 9.77. The maximum atomic E-state index is 12.8. The Morgan fingerprint density at radius 2 is 2.14 bits per heavy atom. The summed E-state index contributed by atoms with van der Waals surface area (Å²) in [6.45, 7) is 7.23. The third-order valence-corrected chi connectivity index (χ3v) is 7.04. The molecule has 1 unspecified atom stereocenters. The van der Waals surface area contributed by atoms with E-state index in [1.807, 2.05) is 44.3 Å². The van der Waals surface area contributed by atoms with Crippen molar-refractivity contribution in [2.75, 3.05) is 6.61 Å². The number of esters is 1. The van der Waals surface area contributed by atoms with Crippen LogP contribution >= 0.6 is 0 Å². The maximum absolute atomic E-state index is 12.8. The molecular formula is C28H34N2O6. The van der Waals surface area contributed by atoms with Gasteiger partial charge < -0.3 is 30.0 Å². The van der Waals surface area contributed by atoms with E-state index in [2.05, 4.69) is 5.32 Å². The molecule has 0 fully saturated rings. The van der Waals surface area contributed by atoms with Gasteiger partial charge in [-0.15, -0.1) is 0 Å². The number of hydrogen-bond acceptors (Lipinski definition) is 8. The van der Waals surface area contributed by atoms with E-state index in [9.17, 15) is 9.59 Å². The van der Waals surface area contributed by atoms with Gasteiger partial charge in [0.15, 0.2) is 5.60 Å². The van der Waals surface area contributed by atoms with Gasteiger partial charge in [-0.3, -0.25) is 0 Å². The number of benzene rings is 1. The number of aryl methyl sites for hydroxylation is 1. The van der Waals surface area contributed by atoms with Crippen LogP contribution in [0, 0.1) is 0 Å². The first-order chi connectivity index (χ1) is 17.1. The van der Waals surface area contributed by atoms with Crippen LogP contribution < -0.4 is 21.4 Å². The average Bonchev–Trinajstić information content (AvgIpc) is 3.20. The summed E-state index contributed by atoms with van der Waals surface area (Å²) in [6.07, 6.45) is 8.99. The lowest BCUT2D eigenvalue weighted by molar-refractivity contribution is -0.174. The van der Waals surface area contributed by atoms with Crippen LogP contribution in [0.4, 0.5) is 0 Å². The minimum absolute atomic E-state index is 0.00256. The number of rotatable bonds is 8. The first kappa shape index (κ1) is 25.7. The van der Waals surface area contributed by atoms with E-state index in [-0.39, 0.29) is 12.8 Å². The average molecular weight is 495 g/mol. The lowest BCUT2D eigenvalue weighted by Crippen LogP contribution is -2.56. The van der Waals surface area contributed by atoms with Crippen molar-refractivity contribution in [3.63, 3.8) is 0 Å². The monoisotopic (exact) mass is 494 g/mol. The molecule has 192 valence electrons. The van der Waals surface area contributed by atoms with E-state index in [1.54, 1.807) is 26.0 Å². The second-order valence-electron chi connectivity index (χ2n) is 9.98. The van der Waals surface area contributed by atoms with Gasteiger partial charge in [0.05, 0.1) is 6.17 Å². The van der Waals surface area contributed by atoms with Gasteiger partial charge >= 0.3 is 11.6 Å². The molecule has 2 aliphatic heterocycles. The molecular weight excluding hydrogens is 460 g/mol. The van der Waals surface area contributed by atoms with E-state index in [1.165, 1.54) is 0 Å². The van der Waals surface area contributed by atoms with Gasteiger partial charge in [0.1, 0.15) is 16.9 Å². The van der Waals surface area contributed by atoms with Gasteiger partial charge in [-0.25, -0.2) is 9.59 Å². The largest absolute Gasteiger partial charge is 0.482 e. The van der Waals surface area contributed by atoms with Crippen LogP contribution in [0.25, 0.3) is 11.0 Å². The molecule has 0 radical (unpaired) electrons. The maximum Gasteiger partial charge on any atom is 0.339 e. The molecule has 0 aliphatic carbocycles. The van der Waals surface area contributed by atoms with Crippen LogP contribution in [0.5, 0.6) is 5.75 Å². The van der Waals surface area contributed by atoms with Crippen molar-refractivity contribution in [3.8, 4) is 5.75 Å². The molecule has 2 aromatic rings. The number of carbonyl (C=O) groups excluding carboxylic acids is 1. The SMILES string of the molecule is C/C=C(\C)C(=O)OC(C)(C)[C@]1(CC2=CNC(N)C=C2)Cc2cc3cc(CCCO)c(=O)oc3cc2O1. The Morgan fingerprint density at radius 1 is 1.36 bits per heavy atom. The van der Waals surface area contributed by atoms with Crippen LogP contribution in [0.15, 0.2) is 63.0 Å². The van der Waals surface area contributed by atoms with Crippen molar-refractivity contribution in [3.05, 3.63) is 75.3 Å². The van der Waals surface area contributed by atoms with E-state index in [4.69, 9.17) is 24.7 Å². The zero-order chi connectivity index (χ0) is 26.1. The quantitative estimate of drug-likeness (QED) is 0.290. The molecule has 4 rings (SSSR count). The van der Waals surface area contributed by atoms with Gasteiger partial charge in [0, 0.05) is 48.2 Å². The highest BCUT2D eigenvalue weighted by Crippen LogP contribution is 2.47. The Balaban J connectivity index is 1.74. The molecule has 0 amide bonds. The zero-order valence-electron chi connectivity index (χ0n) is 21.2. The number of nitrogens with one attached hydrogen (secondary N) is 1. The number of dihydropyridines is 1. The Hall–Kier alpha value is -3.36. The standard InChI is InChI=1S/C28H34N2O6/c1-5-17(2)25(32)36-27(3,4)28(14-18-8-9-24(29)30-16-18)15-21-12-20-11-19(7-6-10-31)26(33)34-22(20)13-23(21)35-28/h5,8-9,11-13,16,24,30-31H,6-7,10,14-15,29H2,1-4H3/b17-5+/t24?,28-/m0/s1. The van der Waals surface area contributed by atoms with Crippen molar-refractivity contribution in [2.45, 2.75) is 70.7 Å². The predicted molar refractivity (Wildman–Crippen MR) is 138 cm³/mol. The topological polar surface area (TPSA) is 124 Å². The van der Waals surface area contributed by atoms with E-state index in [0.29, 0.717) is 48.2 Å². The Bertz CT molecular complexity index is 1320. The highest BCUT2D eigenvalue weighted by atomic mass is 16.6. The molecule has 8 heteroatoms. The van der Waals surface area contributed by atoms with Crippen LogP contribution in [-0.4, -0.2) is 35.1 Å². The molecule has 0 spiro atoms. The molecule has 2 atom stereocenters. The van der Waals surface area contributed by atoms with Gasteiger partial charge in [-0.05, 0) is 69.9 Å². The highest BCUT2D eigenvalue weighted by molar-refractivity contribution is 5.88. The number of aliphatic hydroxyl groups is 1. The summed E-state index contributed by atoms with van der Waals surface area (Å²) < 4.78 is 18.2. The van der Waals surface area contributed by atoms with Crippen molar-refractivity contribution in [1.29, 1.82) is 0 Å². The third-order valence-electron chi connectivity index (χ3n) is 7.04. The second kappa shape index (κ2) is 9.95. The minimum Gasteiger partial charge on any atom is -0.482 e. The molecule has 0 saturated carbocycles. The van der Waals surface area contributed by atoms with E-state index < -0.39 is 22.8 Å². The molecule has 2 aliphatic rings. The number of fused-ring (bicyclic) bond motifs is 2. The fourth-order valence-corrected chi connectivity index (χ4v) is 4.61.